The number of ether oxygens (including phenoxy) is 2. The Morgan fingerprint density at radius 3 is 2.86 bits per heavy atom. The zero-order chi connectivity index (χ0) is 15.1. The zero-order valence-electron chi connectivity index (χ0n) is 12.8. The van der Waals surface area contributed by atoms with Gasteiger partial charge >= 0.3 is 0 Å². The molecule has 1 aliphatic rings. The van der Waals surface area contributed by atoms with Crippen LogP contribution in [0.3, 0.4) is 0 Å². The molecule has 0 aromatic heterocycles. The van der Waals surface area contributed by atoms with Crippen molar-refractivity contribution in [1.29, 1.82) is 0 Å². The van der Waals surface area contributed by atoms with E-state index in [4.69, 9.17) is 9.47 Å². The average molecular weight is 292 g/mol. The summed E-state index contributed by atoms with van der Waals surface area (Å²) in [6, 6.07) is 6.21. The zero-order valence-corrected chi connectivity index (χ0v) is 12.8. The van der Waals surface area contributed by atoms with Gasteiger partial charge in [0.25, 0.3) is 0 Å². The van der Waals surface area contributed by atoms with Gasteiger partial charge in [-0.05, 0) is 25.5 Å². The summed E-state index contributed by atoms with van der Waals surface area (Å²) in [5.74, 6) is 1.48. The summed E-state index contributed by atoms with van der Waals surface area (Å²) in [6.07, 6.45) is 2.58. The first-order chi connectivity index (χ1) is 10.2. The molecule has 0 spiro atoms. The molecule has 2 rings (SSSR count). The molecule has 0 heterocycles. The molecule has 2 N–H and O–H groups in total. The molecule has 0 unspecified atom stereocenters. The number of amides is 1. The van der Waals surface area contributed by atoms with Gasteiger partial charge in [0, 0.05) is 18.2 Å². The second-order valence-corrected chi connectivity index (χ2v) is 5.17. The highest BCUT2D eigenvalue weighted by Gasteiger charge is 2.23. The SMILES string of the molecule is CCNCc1cccc(OC)c1OCCC(=O)NC1CC1. The third kappa shape index (κ3) is 4.93. The van der Waals surface area contributed by atoms with E-state index in [9.17, 15) is 4.79 Å². The Morgan fingerprint density at radius 1 is 1.38 bits per heavy atom. The van der Waals surface area contributed by atoms with Crippen molar-refractivity contribution in [3.05, 3.63) is 23.8 Å². The molecular formula is C16H24N2O3. The summed E-state index contributed by atoms with van der Waals surface area (Å²) in [7, 11) is 1.62. The van der Waals surface area contributed by atoms with Crippen LogP contribution in [0, 0.1) is 0 Å². The van der Waals surface area contributed by atoms with Gasteiger partial charge in [-0.2, -0.15) is 0 Å². The molecule has 0 radical (unpaired) electrons. The Labute approximate surface area is 126 Å². The van der Waals surface area contributed by atoms with Crippen LogP contribution in [0.4, 0.5) is 0 Å². The maximum absolute atomic E-state index is 11.7. The molecule has 21 heavy (non-hydrogen) atoms. The third-order valence-corrected chi connectivity index (χ3v) is 3.36. The molecule has 5 heteroatoms. The third-order valence-electron chi connectivity index (χ3n) is 3.36. The predicted octanol–water partition coefficient (Wildman–Crippen LogP) is 1.85. The number of rotatable bonds is 9. The first-order valence-corrected chi connectivity index (χ1v) is 7.53. The van der Waals surface area contributed by atoms with Gasteiger partial charge in [-0.3, -0.25) is 4.79 Å². The second-order valence-electron chi connectivity index (χ2n) is 5.17. The molecule has 1 fully saturated rings. The summed E-state index contributed by atoms with van der Waals surface area (Å²) in [6.45, 7) is 4.03. The standard InChI is InChI=1S/C16H24N2O3/c1-3-17-11-12-5-4-6-14(20-2)16(12)21-10-9-15(19)18-13-7-8-13/h4-6,13,17H,3,7-11H2,1-2H3,(H,18,19). The van der Waals surface area contributed by atoms with E-state index in [1.807, 2.05) is 18.2 Å². The van der Waals surface area contributed by atoms with Gasteiger partial charge in [0.15, 0.2) is 11.5 Å². The molecule has 1 aromatic rings. The Kier molecular flexibility index (Phi) is 5.87. The van der Waals surface area contributed by atoms with Crippen molar-refractivity contribution in [3.63, 3.8) is 0 Å². The molecule has 116 valence electrons. The van der Waals surface area contributed by atoms with Crippen molar-refractivity contribution in [2.45, 2.75) is 38.8 Å². The van der Waals surface area contributed by atoms with Crippen molar-refractivity contribution >= 4 is 5.91 Å². The van der Waals surface area contributed by atoms with Crippen molar-refractivity contribution in [1.82, 2.24) is 10.6 Å². The largest absolute Gasteiger partial charge is 0.493 e. The fourth-order valence-corrected chi connectivity index (χ4v) is 2.06. The van der Waals surface area contributed by atoms with Crippen LogP contribution in [0.1, 0.15) is 31.7 Å². The highest BCUT2D eigenvalue weighted by atomic mass is 16.5. The first-order valence-electron chi connectivity index (χ1n) is 7.53. The van der Waals surface area contributed by atoms with E-state index in [2.05, 4.69) is 17.6 Å². The number of para-hydroxylation sites is 1. The number of carbonyl (C=O) groups excluding carboxylic acids is 1. The van der Waals surface area contributed by atoms with Gasteiger partial charge in [-0.1, -0.05) is 19.1 Å². The smallest absolute Gasteiger partial charge is 0.223 e. The van der Waals surface area contributed by atoms with Gasteiger partial charge in [-0.15, -0.1) is 0 Å². The van der Waals surface area contributed by atoms with E-state index < -0.39 is 0 Å². The van der Waals surface area contributed by atoms with Crippen molar-refractivity contribution in [2.24, 2.45) is 0 Å². The maximum Gasteiger partial charge on any atom is 0.223 e. The highest BCUT2D eigenvalue weighted by molar-refractivity contribution is 5.76. The Balaban J connectivity index is 1.90. The molecule has 0 atom stereocenters. The van der Waals surface area contributed by atoms with Crippen LogP contribution in [0.15, 0.2) is 18.2 Å². The van der Waals surface area contributed by atoms with Crippen LogP contribution < -0.4 is 20.1 Å². The molecular weight excluding hydrogens is 268 g/mol. The molecule has 1 saturated carbocycles. The fourth-order valence-electron chi connectivity index (χ4n) is 2.06. The molecule has 0 saturated heterocycles. The number of benzene rings is 1. The lowest BCUT2D eigenvalue weighted by Crippen LogP contribution is -2.26. The Morgan fingerprint density at radius 2 is 2.19 bits per heavy atom. The maximum atomic E-state index is 11.7. The number of carbonyl (C=O) groups is 1. The van der Waals surface area contributed by atoms with Crippen molar-refractivity contribution in [3.8, 4) is 11.5 Å². The molecule has 1 amide bonds. The van der Waals surface area contributed by atoms with Gasteiger partial charge in [-0.25, -0.2) is 0 Å². The van der Waals surface area contributed by atoms with Crippen LogP contribution in [0.25, 0.3) is 0 Å². The van der Waals surface area contributed by atoms with Gasteiger partial charge in [0.05, 0.1) is 20.1 Å². The minimum atomic E-state index is 0.0561. The minimum Gasteiger partial charge on any atom is -0.493 e. The molecule has 5 nitrogen and oxygen atoms in total. The summed E-state index contributed by atoms with van der Waals surface area (Å²) in [5, 5.41) is 6.23. The average Bonchev–Trinajstić information content (AvgIpc) is 3.29. The molecule has 0 bridgehead atoms. The van der Waals surface area contributed by atoms with Gasteiger partial charge < -0.3 is 20.1 Å². The highest BCUT2D eigenvalue weighted by Crippen LogP contribution is 2.31. The molecule has 0 aliphatic heterocycles. The van der Waals surface area contributed by atoms with Crippen LogP contribution in [0.2, 0.25) is 0 Å². The van der Waals surface area contributed by atoms with Crippen molar-refractivity contribution in [2.75, 3.05) is 20.3 Å². The fraction of sp³-hybridized carbons (Fsp3) is 0.562. The van der Waals surface area contributed by atoms with Crippen LogP contribution in [0.5, 0.6) is 11.5 Å². The first kappa shape index (κ1) is 15.6. The van der Waals surface area contributed by atoms with Crippen LogP contribution in [-0.4, -0.2) is 32.2 Å². The lowest BCUT2D eigenvalue weighted by molar-refractivity contribution is -0.121. The summed E-state index contributed by atoms with van der Waals surface area (Å²) in [4.78, 5) is 11.7. The Bertz CT molecular complexity index is 473. The van der Waals surface area contributed by atoms with Gasteiger partial charge in [0.1, 0.15) is 0 Å². The van der Waals surface area contributed by atoms with E-state index in [1.165, 1.54) is 0 Å². The number of nitrogens with one attached hydrogen (secondary N) is 2. The normalized spacial score (nSPS) is 13.8. The molecule has 1 aromatic carbocycles. The van der Waals surface area contributed by atoms with E-state index in [-0.39, 0.29) is 5.91 Å². The lowest BCUT2D eigenvalue weighted by Gasteiger charge is -2.15. The van der Waals surface area contributed by atoms with E-state index in [0.717, 1.165) is 37.2 Å². The van der Waals surface area contributed by atoms with E-state index >= 15 is 0 Å². The summed E-state index contributed by atoms with van der Waals surface area (Å²) < 4.78 is 11.1. The predicted molar refractivity (Wildman–Crippen MR) is 81.7 cm³/mol. The van der Waals surface area contributed by atoms with Crippen LogP contribution in [-0.2, 0) is 11.3 Å². The second kappa shape index (κ2) is 7.88. The van der Waals surface area contributed by atoms with E-state index in [0.29, 0.717) is 24.8 Å². The lowest BCUT2D eigenvalue weighted by atomic mass is 10.2. The number of hydrogen-bond acceptors (Lipinski definition) is 4. The minimum absolute atomic E-state index is 0.0561. The van der Waals surface area contributed by atoms with Crippen molar-refractivity contribution < 1.29 is 14.3 Å². The van der Waals surface area contributed by atoms with Gasteiger partial charge in [0.2, 0.25) is 5.91 Å². The van der Waals surface area contributed by atoms with Crippen LogP contribution >= 0.6 is 0 Å². The quantitative estimate of drug-likeness (QED) is 0.729. The monoisotopic (exact) mass is 292 g/mol. The Hall–Kier alpha value is -1.75. The number of hydrogen-bond donors (Lipinski definition) is 2. The number of methoxy groups -OCH3 is 1. The summed E-state index contributed by atoms with van der Waals surface area (Å²) in [5.41, 5.74) is 1.04. The van der Waals surface area contributed by atoms with E-state index in [1.54, 1.807) is 7.11 Å². The topological polar surface area (TPSA) is 59.6 Å². The summed E-state index contributed by atoms with van der Waals surface area (Å²) >= 11 is 0. The molecule has 1 aliphatic carbocycles.